The Kier molecular flexibility index (Phi) is 11.6. The Morgan fingerprint density at radius 3 is 2.07 bits per heavy atom. The molecule has 1 aliphatic rings. The van der Waals surface area contributed by atoms with E-state index < -0.39 is 8.60 Å². The van der Waals surface area contributed by atoms with E-state index in [4.69, 9.17) is 0 Å². The predicted octanol–water partition coefficient (Wildman–Crippen LogP) is 4.85. The standard InChI is InChI=1S/C9H7N.C8H16N2.C3H9O3P/c1-2-6-9-8(4-1)5-3-7-10-9;1-4-8-9(3)6-7-10(8)5-2;1-4-7(5-2)6-3/h1-7H;6-8H,4-5H2,1-3H3;1-3H3. The molecule has 0 bridgehead atoms. The Bertz CT molecular complexity index is 597. The lowest BCUT2D eigenvalue weighted by molar-refractivity contribution is 0.178. The fourth-order valence-corrected chi connectivity index (χ4v) is 3.15. The molecule has 1 aliphatic heterocycles. The number of benzene rings is 1. The Hall–Kier alpha value is -1.72. The van der Waals surface area contributed by atoms with Gasteiger partial charge in [-0.05, 0) is 25.5 Å². The van der Waals surface area contributed by atoms with Crippen molar-refractivity contribution in [1.29, 1.82) is 0 Å². The fraction of sp³-hybridized carbons (Fsp3) is 0.450. The average molecular weight is 393 g/mol. The summed E-state index contributed by atoms with van der Waals surface area (Å²) in [5.74, 6) is 0. The third-order valence-electron chi connectivity index (χ3n) is 4.04. The van der Waals surface area contributed by atoms with Crippen molar-refractivity contribution >= 4 is 19.5 Å². The lowest BCUT2D eigenvalue weighted by Gasteiger charge is -2.28. The van der Waals surface area contributed by atoms with Crippen molar-refractivity contribution in [2.24, 2.45) is 0 Å². The quantitative estimate of drug-likeness (QED) is 0.677. The van der Waals surface area contributed by atoms with E-state index in [9.17, 15) is 0 Å². The molecule has 1 aromatic carbocycles. The molecular weight excluding hydrogens is 361 g/mol. The molecule has 1 unspecified atom stereocenters. The third kappa shape index (κ3) is 7.81. The largest absolute Gasteiger partial charge is 0.359 e. The number of fused-ring (bicyclic) bond motifs is 1. The molecule has 0 amide bonds. The van der Waals surface area contributed by atoms with Gasteiger partial charge in [0.2, 0.25) is 0 Å². The number of para-hydroxylation sites is 1. The van der Waals surface area contributed by atoms with Crippen LogP contribution >= 0.6 is 8.60 Å². The van der Waals surface area contributed by atoms with E-state index in [0.29, 0.717) is 6.17 Å². The van der Waals surface area contributed by atoms with E-state index in [0.717, 1.165) is 12.1 Å². The minimum atomic E-state index is -1.05. The first-order valence-electron chi connectivity index (χ1n) is 8.99. The smallest absolute Gasteiger partial charge is 0.331 e. The van der Waals surface area contributed by atoms with E-state index in [1.54, 1.807) is 21.3 Å². The maximum Gasteiger partial charge on any atom is 0.331 e. The summed E-state index contributed by atoms with van der Waals surface area (Å²) in [4.78, 5) is 8.78. The maximum absolute atomic E-state index is 4.67. The van der Waals surface area contributed by atoms with E-state index in [1.807, 2.05) is 30.5 Å². The molecule has 7 heteroatoms. The number of pyridine rings is 1. The number of nitrogens with zero attached hydrogens (tertiary/aromatic N) is 3. The minimum absolute atomic E-state index is 0.602. The number of hydrogen-bond acceptors (Lipinski definition) is 6. The molecule has 0 radical (unpaired) electrons. The van der Waals surface area contributed by atoms with Gasteiger partial charge < -0.3 is 23.4 Å². The average Bonchev–Trinajstić information content (AvgIpc) is 3.10. The normalized spacial score (nSPS) is 15.4. The molecule has 0 N–H and O–H groups in total. The summed E-state index contributed by atoms with van der Waals surface area (Å²) < 4.78 is 14.0. The van der Waals surface area contributed by atoms with Gasteiger partial charge in [0.15, 0.2) is 0 Å². The molecule has 3 rings (SSSR count). The maximum atomic E-state index is 4.67. The minimum Gasteiger partial charge on any atom is -0.359 e. The molecule has 27 heavy (non-hydrogen) atoms. The molecular formula is C20H32N3O3P. The zero-order valence-electron chi connectivity index (χ0n) is 17.2. The fourth-order valence-electron chi connectivity index (χ4n) is 2.70. The molecule has 1 atom stereocenters. The van der Waals surface area contributed by atoms with Crippen LogP contribution in [0, 0.1) is 0 Å². The third-order valence-corrected chi connectivity index (χ3v) is 4.93. The second-order valence-electron chi connectivity index (χ2n) is 5.65. The molecule has 0 saturated heterocycles. The van der Waals surface area contributed by atoms with Crippen LogP contribution in [-0.2, 0) is 13.6 Å². The molecule has 1 aromatic heterocycles. The van der Waals surface area contributed by atoms with Crippen LogP contribution in [0.5, 0.6) is 0 Å². The number of rotatable bonds is 5. The molecule has 0 aliphatic carbocycles. The molecule has 2 heterocycles. The van der Waals surface area contributed by atoms with Crippen LogP contribution in [0.4, 0.5) is 0 Å². The van der Waals surface area contributed by atoms with Crippen LogP contribution in [0.25, 0.3) is 10.9 Å². The van der Waals surface area contributed by atoms with Crippen molar-refractivity contribution in [2.75, 3.05) is 34.9 Å². The molecule has 6 nitrogen and oxygen atoms in total. The summed E-state index contributed by atoms with van der Waals surface area (Å²) in [6.45, 7) is 5.52. The summed E-state index contributed by atoms with van der Waals surface area (Å²) in [5.41, 5.74) is 1.06. The lowest BCUT2D eigenvalue weighted by Crippen LogP contribution is -2.35. The molecule has 150 valence electrons. The first-order chi connectivity index (χ1) is 13.1. The highest BCUT2D eigenvalue weighted by atomic mass is 31.2. The summed E-state index contributed by atoms with van der Waals surface area (Å²) in [6, 6.07) is 12.1. The van der Waals surface area contributed by atoms with Gasteiger partial charge in [-0.15, -0.1) is 0 Å². The Morgan fingerprint density at radius 2 is 1.59 bits per heavy atom. The molecule has 0 fully saturated rings. The van der Waals surface area contributed by atoms with E-state index in [-0.39, 0.29) is 0 Å². The zero-order chi connectivity index (χ0) is 20.1. The van der Waals surface area contributed by atoms with E-state index >= 15 is 0 Å². The van der Waals surface area contributed by atoms with Crippen LogP contribution in [0.2, 0.25) is 0 Å². The Morgan fingerprint density at radius 1 is 0.963 bits per heavy atom. The summed E-state index contributed by atoms with van der Waals surface area (Å²) >= 11 is 0. The van der Waals surface area contributed by atoms with Gasteiger partial charge in [-0.25, -0.2) is 0 Å². The van der Waals surface area contributed by atoms with E-state index in [2.05, 4.69) is 73.8 Å². The first kappa shape index (κ1) is 23.3. The van der Waals surface area contributed by atoms with Crippen molar-refractivity contribution in [3.05, 3.63) is 55.0 Å². The SMILES string of the molecule is CCC1N(C)C=CN1CC.COP(OC)OC.c1ccc2ncccc2c1. The Labute approximate surface area is 164 Å². The van der Waals surface area contributed by atoms with Crippen LogP contribution in [0.3, 0.4) is 0 Å². The number of hydrogen-bond donors (Lipinski definition) is 0. The van der Waals surface area contributed by atoms with Gasteiger partial charge in [0.1, 0.15) is 6.17 Å². The van der Waals surface area contributed by atoms with Crippen LogP contribution in [0.15, 0.2) is 55.0 Å². The van der Waals surface area contributed by atoms with Crippen LogP contribution < -0.4 is 0 Å². The van der Waals surface area contributed by atoms with Gasteiger partial charge >= 0.3 is 8.60 Å². The van der Waals surface area contributed by atoms with Gasteiger partial charge in [0, 0.05) is 58.9 Å². The lowest BCUT2D eigenvalue weighted by atomic mass is 10.2. The van der Waals surface area contributed by atoms with Crippen molar-refractivity contribution in [1.82, 2.24) is 14.8 Å². The van der Waals surface area contributed by atoms with Crippen molar-refractivity contribution in [3.63, 3.8) is 0 Å². The Balaban J connectivity index is 0.000000207. The number of aromatic nitrogens is 1. The second kappa shape index (κ2) is 13.4. The van der Waals surface area contributed by atoms with Crippen molar-refractivity contribution in [2.45, 2.75) is 26.4 Å². The second-order valence-corrected chi connectivity index (χ2v) is 7.19. The zero-order valence-corrected chi connectivity index (χ0v) is 18.1. The highest BCUT2D eigenvalue weighted by molar-refractivity contribution is 7.41. The highest BCUT2D eigenvalue weighted by Gasteiger charge is 2.19. The topological polar surface area (TPSA) is 47.1 Å². The van der Waals surface area contributed by atoms with Crippen LogP contribution in [0.1, 0.15) is 20.3 Å². The summed E-state index contributed by atoms with van der Waals surface area (Å²) in [5, 5.41) is 1.20. The summed E-state index contributed by atoms with van der Waals surface area (Å²) in [7, 11) is 5.69. The molecule has 0 saturated carbocycles. The first-order valence-corrected chi connectivity index (χ1v) is 10.1. The van der Waals surface area contributed by atoms with Gasteiger partial charge in [-0.2, -0.15) is 0 Å². The van der Waals surface area contributed by atoms with E-state index in [1.165, 1.54) is 11.8 Å². The predicted molar refractivity (Wildman–Crippen MR) is 113 cm³/mol. The van der Waals surface area contributed by atoms with Gasteiger partial charge in [-0.1, -0.05) is 31.2 Å². The molecule has 0 spiro atoms. The van der Waals surface area contributed by atoms with Gasteiger partial charge in [0.25, 0.3) is 0 Å². The van der Waals surface area contributed by atoms with Gasteiger partial charge in [0.05, 0.1) is 5.52 Å². The summed E-state index contributed by atoms with van der Waals surface area (Å²) in [6.07, 6.45) is 7.90. The molecule has 2 aromatic rings. The highest BCUT2D eigenvalue weighted by Crippen LogP contribution is 2.35. The van der Waals surface area contributed by atoms with Crippen molar-refractivity contribution < 1.29 is 13.6 Å². The van der Waals surface area contributed by atoms with Crippen molar-refractivity contribution in [3.8, 4) is 0 Å². The monoisotopic (exact) mass is 393 g/mol. The van der Waals surface area contributed by atoms with Gasteiger partial charge in [-0.3, -0.25) is 4.98 Å². The van der Waals surface area contributed by atoms with Crippen LogP contribution in [-0.4, -0.2) is 55.9 Å².